The topological polar surface area (TPSA) is 141 Å². The molecule has 1 aliphatic heterocycles. The zero-order valence-electron chi connectivity index (χ0n) is 14.6. The molecule has 0 bridgehead atoms. The maximum atomic E-state index is 12.4. The van der Waals surface area contributed by atoms with E-state index in [1.54, 1.807) is 6.92 Å². The highest BCUT2D eigenvalue weighted by Gasteiger charge is 2.44. The van der Waals surface area contributed by atoms with Crippen molar-refractivity contribution in [3.63, 3.8) is 0 Å². The van der Waals surface area contributed by atoms with Crippen LogP contribution in [0.1, 0.15) is 27.2 Å². The van der Waals surface area contributed by atoms with E-state index < -0.39 is 54.6 Å². The summed E-state index contributed by atoms with van der Waals surface area (Å²) in [6.07, 6.45) is -5.66. The van der Waals surface area contributed by atoms with Crippen molar-refractivity contribution in [3.8, 4) is 0 Å². The molecule has 1 rings (SSSR count). The number of aliphatic hydroxyl groups is 2. The van der Waals surface area contributed by atoms with Gasteiger partial charge in [0.1, 0.15) is 12.2 Å². The first-order valence-electron chi connectivity index (χ1n) is 7.82. The van der Waals surface area contributed by atoms with E-state index in [9.17, 15) is 24.6 Å². The van der Waals surface area contributed by atoms with Crippen LogP contribution in [0.4, 0.5) is 0 Å². The number of esters is 2. The number of rotatable bonds is 7. The Kier molecular flexibility index (Phi) is 8.23. The highest BCUT2D eigenvalue weighted by Crippen LogP contribution is 2.21. The second-order valence-corrected chi connectivity index (χ2v) is 5.69. The first kappa shape index (κ1) is 21.3. The fraction of sp³-hybridized carbons (Fsp3) is 0.800. The van der Waals surface area contributed by atoms with Crippen molar-refractivity contribution < 1.29 is 43.5 Å². The Morgan fingerprint density at radius 2 is 1.80 bits per heavy atom. The van der Waals surface area contributed by atoms with Gasteiger partial charge in [-0.15, -0.1) is 0 Å². The van der Waals surface area contributed by atoms with Gasteiger partial charge in [0, 0.05) is 27.4 Å². The molecule has 25 heavy (non-hydrogen) atoms. The van der Waals surface area contributed by atoms with Gasteiger partial charge >= 0.3 is 11.9 Å². The molecule has 0 radical (unpaired) electrons. The van der Waals surface area contributed by atoms with Crippen molar-refractivity contribution in [1.29, 1.82) is 0 Å². The number of methoxy groups -OCH3 is 1. The summed E-state index contributed by atoms with van der Waals surface area (Å²) in [6, 6.07) is -0.944. The zero-order valence-corrected chi connectivity index (χ0v) is 14.6. The van der Waals surface area contributed by atoms with Gasteiger partial charge in [-0.25, -0.2) is 0 Å². The molecule has 0 spiro atoms. The van der Waals surface area contributed by atoms with Gasteiger partial charge in [0.05, 0.1) is 18.8 Å². The molecule has 10 nitrogen and oxygen atoms in total. The van der Waals surface area contributed by atoms with E-state index >= 15 is 0 Å². The normalized spacial score (nSPS) is 30.2. The number of carbonyl (C=O) groups is 3. The minimum absolute atomic E-state index is 0.0493. The molecule has 0 aromatic rings. The van der Waals surface area contributed by atoms with Gasteiger partial charge < -0.3 is 34.5 Å². The number of nitrogens with one attached hydrogen (secondary N) is 1. The Bertz CT molecular complexity index is 484. The van der Waals surface area contributed by atoms with Crippen LogP contribution in [0.5, 0.6) is 0 Å². The van der Waals surface area contributed by atoms with Crippen molar-refractivity contribution in [2.45, 2.75) is 63.9 Å². The second-order valence-electron chi connectivity index (χ2n) is 5.69. The lowest BCUT2D eigenvalue weighted by molar-refractivity contribution is -0.263. The van der Waals surface area contributed by atoms with Gasteiger partial charge in [0.2, 0.25) is 0 Å². The van der Waals surface area contributed by atoms with Gasteiger partial charge in [-0.3, -0.25) is 14.4 Å². The average Bonchev–Trinajstić information content (AvgIpc) is 2.53. The molecule has 144 valence electrons. The summed E-state index contributed by atoms with van der Waals surface area (Å²) >= 11 is 0. The van der Waals surface area contributed by atoms with Gasteiger partial charge in [0.25, 0.3) is 5.91 Å². The van der Waals surface area contributed by atoms with E-state index in [0.29, 0.717) is 0 Å². The number of aliphatic hydroxyl groups excluding tert-OH is 2. The fourth-order valence-corrected chi connectivity index (χ4v) is 2.44. The van der Waals surface area contributed by atoms with Crippen LogP contribution >= 0.6 is 0 Å². The van der Waals surface area contributed by atoms with E-state index in [1.807, 2.05) is 0 Å². The molecule has 0 aromatic heterocycles. The summed E-state index contributed by atoms with van der Waals surface area (Å²) in [7, 11) is 1.32. The number of carbonyl (C=O) groups excluding carboxylic acids is 3. The standard InChI is InChI=1S/C15H25NO9/c1-7-11(12(19)13(20)15(22-4)24-7)16-14(21)10(25-9(3)18)5-6-23-8(2)17/h7,10-13,15,19-20H,5-6H2,1-4H3,(H,16,21)/t7-,10+,11-,12+,13+,15+/m1/s1. The summed E-state index contributed by atoms with van der Waals surface area (Å²) in [6.45, 7) is 3.83. The van der Waals surface area contributed by atoms with Crippen LogP contribution < -0.4 is 5.32 Å². The quantitative estimate of drug-likeness (QED) is 0.459. The van der Waals surface area contributed by atoms with Crippen LogP contribution in [0.25, 0.3) is 0 Å². The van der Waals surface area contributed by atoms with Crippen LogP contribution in [0, 0.1) is 0 Å². The van der Waals surface area contributed by atoms with Crippen LogP contribution in [-0.4, -0.2) is 78.5 Å². The third kappa shape index (κ3) is 6.24. The van der Waals surface area contributed by atoms with Crippen LogP contribution in [0.15, 0.2) is 0 Å². The molecule has 1 heterocycles. The van der Waals surface area contributed by atoms with Gasteiger partial charge in [-0.05, 0) is 6.92 Å². The Labute approximate surface area is 145 Å². The molecule has 1 aliphatic rings. The number of amides is 1. The summed E-state index contributed by atoms with van der Waals surface area (Å²) in [5, 5.41) is 22.6. The van der Waals surface area contributed by atoms with E-state index in [1.165, 1.54) is 14.0 Å². The molecule has 0 saturated carbocycles. The molecule has 1 fully saturated rings. The third-order valence-electron chi connectivity index (χ3n) is 3.68. The van der Waals surface area contributed by atoms with Gasteiger partial charge in [0.15, 0.2) is 12.4 Å². The van der Waals surface area contributed by atoms with E-state index in [2.05, 4.69) is 5.32 Å². The van der Waals surface area contributed by atoms with Gasteiger partial charge in [-0.2, -0.15) is 0 Å². The number of ether oxygens (including phenoxy) is 4. The van der Waals surface area contributed by atoms with Crippen molar-refractivity contribution in [2.75, 3.05) is 13.7 Å². The van der Waals surface area contributed by atoms with Crippen molar-refractivity contribution in [3.05, 3.63) is 0 Å². The molecule has 1 saturated heterocycles. The maximum absolute atomic E-state index is 12.4. The average molecular weight is 363 g/mol. The Morgan fingerprint density at radius 3 is 2.32 bits per heavy atom. The first-order chi connectivity index (χ1) is 11.7. The third-order valence-corrected chi connectivity index (χ3v) is 3.68. The highest BCUT2D eigenvalue weighted by molar-refractivity contribution is 5.83. The van der Waals surface area contributed by atoms with Crippen molar-refractivity contribution >= 4 is 17.8 Å². The molecule has 3 N–H and O–H groups in total. The predicted octanol–water partition coefficient (Wildman–Crippen LogP) is -1.53. The van der Waals surface area contributed by atoms with Gasteiger partial charge in [-0.1, -0.05) is 0 Å². The van der Waals surface area contributed by atoms with Crippen molar-refractivity contribution in [2.24, 2.45) is 0 Å². The maximum Gasteiger partial charge on any atom is 0.303 e. The molecular weight excluding hydrogens is 338 g/mol. The Balaban J connectivity index is 2.73. The molecule has 0 unspecified atom stereocenters. The fourth-order valence-electron chi connectivity index (χ4n) is 2.44. The minimum Gasteiger partial charge on any atom is -0.466 e. The SMILES string of the molecule is CO[C@H]1O[C@H](C)[C@@H](NC(=O)[C@H](CCOC(C)=O)OC(C)=O)[C@H](O)[C@@H]1O. The monoisotopic (exact) mass is 363 g/mol. The lowest BCUT2D eigenvalue weighted by Crippen LogP contribution is -2.64. The molecule has 0 aliphatic carbocycles. The first-order valence-corrected chi connectivity index (χ1v) is 7.82. The lowest BCUT2D eigenvalue weighted by Gasteiger charge is -2.41. The zero-order chi connectivity index (χ0) is 19.1. The van der Waals surface area contributed by atoms with Crippen LogP contribution in [-0.2, 0) is 33.3 Å². The minimum atomic E-state index is -1.36. The highest BCUT2D eigenvalue weighted by atomic mass is 16.7. The molecule has 10 heteroatoms. The summed E-state index contributed by atoms with van der Waals surface area (Å²) < 4.78 is 20.0. The van der Waals surface area contributed by atoms with E-state index in [-0.39, 0.29) is 13.0 Å². The van der Waals surface area contributed by atoms with Crippen LogP contribution in [0.3, 0.4) is 0 Å². The summed E-state index contributed by atoms with van der Waals surface area (Å²) in [4.78, 5) is 34.3. The number of hydrogen-bond acceptors (Lipinski definition) is 9. The smallest absolute Gasteiger partial charge is 0.303 e. The number of hydrogen-bond donors (Lipinski definition) is 3. The summed E-state index contributed by atoms with van der Waals surface area (Å²) in [5.74, 6) is -1.92. The largest absolute Gasteiger partial charge is 0.466 e. The van der Waals surface area contributed by atoms with E-state index in [4.69, 9.17) is 18.9 Å². The predicted molar refractivity (Wildman–Crippen MR) is 82.1 cm³/mol. The molecule has 6 atom stereocenters. The van der Waals surface area contributed by atoms with E-state index in [0.717, 1.165) is 6.92 Å². The Morgan fingerprint density at radius 1 is 1.16 bits per heavy atom. The summed E-state index contributed by atoms with van der Waals surface area (Å²) in [5.41, 5.74) is 0. The molecule has 0 aromatic carbocycles. The Hall–Kier alpha value is -1.75. The lowest BCUT2D eigenvalue weighted by atomic mass is 9.96. The molecular formula is C15H25NO9. The van der Waals surface area contributed by atoms with Crippen LogP contribution in [0.2, 0.25) is 0 Å². The molecule has 1 amide bonds. The second kappa shape index (κ2) is 9.66. The van der Waals surface area contributed by atoms with Crippen molar-refractivity contribution in [1.82, 2.24) is 5.32 Å².